The highest BCUT2D eigenvalue weighted by Gasteiger charge is 2.14. The van der Waals surface area contributed by atoms with Gasteiger partial charge in [-0.2, -0.15) is 5.10 Å². The highest BCUT2D eigenvalue weighted by atomic mass is 16.5. The van der Waals surface area contributed by atoms with E-state index in [1.54, 1.807) is 23.0 Å². The number of rotatable bonds is 6. The second-order valence-corrected chi connectivity index (χ2v) is 4.18. The fourth-order valence-electron chi connectivity index (χ4n) is 1.81. The molecule has 6 nitrogen and oxygen atoms in total. The summed E-state index contributed by atoms with van der Waals surface area (Å²) in [5.41, 5.74) is 1.39. The van der Waals surface area contributed by atoms with Crippen LogP contribution < -0.4 is 14.2 Å². The van der Waals surface area contributed by atoms with Crippen LogP contribution in [0.2, 0.25) is 0 Å². The molecule has 0 fully saturated rings. The van der Waals surface area contributed by atoms with E-state index in [-0.39, 0.29) is 0 Å². The van der Waals surface area contributed by atoms with Gasteiger partial charge >= 0.3 is 0 Å². The largest absolute Gasteiger partial charge is 0.493 e. The van der Waals surface area contributed by atoms with Crippen LogP contribution in [0.15, 0.2) is 24.5 Å². The van der Waals surface area contributed by atoms with Crippen LogP contribution in [-0.2, 0) is 13.7 Å². The molecule has 0 spiro atoms. The predicted octanol–water partition coefficient (Wildman–Crippen LogP) is 1.83. The summed E-state index contributed by atoms with van der Waals surface area (Å²) in [4.78, 5) is 10.9. The van der Waals surface area contributed by atoms with Crippen molar-refractivity contribution in [1.82, 2.24) is 9.78 Å². The second kappa shape index (κ2) is 6.10. The van der Waals surface area contributed by atoms with E-state index in [9.17, 15) is 4.79 Å². The first-order chi connectivity index (χ1) is 9.67. The van der Waals surface area contributed by atoms with Crippen LogP contribution >= 0.6 is 0 Å². The average Bonchev–Trinajstić information content (AvgIpc) is 2.89. The lowest BCUT2D eigenvalue weighted by molar-refractivity contribution is 0.112. The van der Waals surface area contributed by atoms with E-state index < -0.39 is 0 Å². The highest BCUT2D eigenvalue weighted by Crippen LogP contribution is 2.38. The summed E-state index contributed by atoms with van der Waals surface area (Å²) < 4.78 is 17.9. The maximum absolute atomic E-state index is 10.9. The molecule has 0 aliphatic heterocycles. The third-order valence-corrected chi connectivity index (χ3v) is 2.76. The normalized spacial score (nSPS) is 10.2. The molecule has 0 amide bonds. The molecule has 0 radical (unpaired) electrons. The van der Waals surface area contributed by atoms with Gasteiger partial charge < -0.3 is 14.2 Å². The smallest absolute Gasteiger partial charge is 0.203 e. The second-order valence-electron chi connectivity index (χ2n) is 4.18. The van der Waals surface area contributed by atoms with Crippen LogP contribution in [0.4, 0.5) is 0 Å². The van der Waals surface area contributed by atoms with E-state index in [2.05, 4.69) is 5.10 Å². The molecule has 2 rings (SSSR count). The molecule has 6 heteroatoms. The molecule has 1 aromatic heterocycles. The van der Waals surface area contributed by atoms with Crippen LogP contribution in [0, 0.1) is 0 Å². The van der Waals surface area contributed by atoms with Crippen LogP contribution in [0.25, 0.3) is 0 Å². The maximum atomic E-state index is 10.9. The molecule has 0 aliphatic rings. The Balaban J connectivity index is 2.27. The Kier molecular flexibility index (Phi) is 4.24. The summed E-state index contributed by atoms with van der Waals surface area (Å²) in [6.07, 6.45) is 4.31. The number of aldehydes is 1. The van der Waals surface area contributed by atoms with Gasteiger partial charge in [0.1, 0.15) is 12.9 Å². The quantitative estimate of drug-likeness (QED) is 0.753. The summed E-state index contributed by atoms with van der Waals surface area (Å²) in [7, 11) is 4.87. The van der Waals surface area contributed by atoms with Crippen molar-refractivity contribution in [3.63, 3.8) is 0 Å². The molecule has 0 unspecified atom stereocenters. The Morgan fingerprint density at radius 3 is 2.35 bits per heavy atom. The number of nitrogens with zero attached hydrogens (tertiary/aromatic N) is 2. The Morgan fingerprint density at radius 1 is 1.25 bits per heavy atom. The van der Waals surface area contributed by atoms with Crippen molar-refractivity contribution < 1.29 is 19.0 Å². The molecule has 1 heterocycles. The van der Waals surface area contributed by atoms with Gasteiger partial charge in [-0.05, 0) is 12.1 Å². The molecule has 0 saturated heterocycles. The zero-order valence-electron chi connectivity index (χ0n) is 11.6. The number of aromatic nitrogens is 2. The summed E-state index contributed by atoms with van der Waals surface area (Å²) in [6, 6.07) is 3.21. The monoisotopic (exact) mass is 276 g/mol. The van der Waals surface area contributed by atoms with E-state index in [0.717, 1.165) is 11.8 Å². The lowest BCUT2D eigenvalue weighted by atomic mass is 10.2. The molecule has 106 valence electrons. The summed E-state index contributed by atoms with van der Waals surface area (Å²) in [6.45, 7) is 0.334. The van der Waals surface area contributed by atoms with Gasteiger partial charge in [-0.3, -0.25) is 9.48 Å². The third-order valence-electron chi connectivity index (χ3n) is 2.76. The molecule has 0 N–H and O–H groups in total. The molecule has 0 bridgehead atoms. The number of carbonyl (C=O) groups excluding carboxylic acids is 1. The van der Waals surface area contributed by atoms with E-state index >= 15 is 0 Å². The summed E-state index contributed by atoms with van der Waals surface area (Å²) >= 11 is 0. The molecule has 20 heavy (non-hydrogen) atoms. The van der Waals surface area contributed by atoms with Crippen molar-refractivity contribution in [3.05, 3.63) is 35.7 Å². The SMILES string of the molecule is COc1cc(C=O)cc(OC)c1OCc1cnn(C)c1. The number of ether oxygens (including phenoxy) is 3. The minimum Gasteiger partial charge on any atom is -0.493 e. The Hall–Kier alpha value is -2.50. The third kappa shape index (κ3) is 2.90. The van der Waals surface area contributed by atoms with Crippen molar-refractivity contribution >= 4 is 6.29 Å². The molecule has 1 aromatic carbocycles. The number of carbonyl (C=O) groups is 1. The van der Waals surface area contributed by atoms with Crippen molar-refractivity contribution in [2.75, 3.05) is 14.2 Å². The molecular weight excluding hydrogens is 260 g/mol. The number of methoxy groups -OCH3 is 2. The van der Waals surface area contributed by atoms with Gasteiger partial charge in [-0.15, -0.1) is 0 Å². The number of aryl methyl sites for hydroxylation is 1. The average molecular weight is 276 g/mol. The van der Waals surface area contributed by atoms with E-state index in [1.165, 1.54) is 14.2 Å². The van der Waals surface area contributed by atoms with Gasteiger partial charge in [0.2, 0.25) is 5.75 Å². The molecule has 0 saturated carbocycles. The lowest BCUT2D eigenvalue weighted by Crippen LogP contribution is -2.00. The van der Waals surface area contributed by atoms with Crippen molar-refractivity contribution in [1.29, 1.82) is 0 Å². The molecule has 2 aromatic rings. The van der Waals surface area contributed by atoms with Gasteiger partial charge in [0, 0.05) is 24.4 Å². The van der Waals surface area contributed by atoms with Crippen LogP contribution in [0.1, 0.15) is 15.9 Å². The molecule has 0 aliphatic carbocycles. The maximum Gasteiger partial charge on any atom is 0.203 e. The van der Waals surface area contributed by atoms with Crippen molar-refractivity contribution in [2.24, 2.45) is 7.05 Å². The fourth-order valence-corrected chi connectivity index (χ4v) is 1.81. The first-order valence-electron chi connectivity index (χ1n) is 5.99. The Morgan fingerprint density at radius 2 is 1.90 bits per heavy atom. The highest BCUT2D eigenvalue weighted by molar-refractivity contribution is 5.78. The van der Waals surface area contributed by atoms with Crippen LogP contribution in [-0.4, -0.2) is 30.3 Å². The fraction of sp³-hybridized carbons (Fsp3) is 0.286. The first kappa shape index (κ1) is 13.9. The zero-order chi connectivity index (χ0) is 14.5. The lowest BCUT2D eigenvalue weighted by Gasteiger charge is -2.14. The summed E-state index contributed by atoms with van der Waals surface area (Å²) in [5, 5.41) is 4.07. The molecular formula is C14H16N2O4. The van der Waals surface area contributed by atoms with Gasteiger partial charge in [0.15, 0.2) is 11.5 Å². The van der Waals surface area contributed by atoms with E-state index in [0.29, 0.717) is 29.4 Å². The Labute approximate surface area is 116 Å². The van der Waals surface area contributed by atoms with Gasteiger partial charge in [-0.1, -0.05) is 0 Å². The van der Waals surface area contributed by atoms with Gasteiger partial charge in [0.05, 0.1) is 20.4 Å². The predicted molar refractivity (Wildman–Crippen MR) is 72.5 cm³/mol. The number of hydrogen-bond acceptors (Lipinski definition) is 5. The molecule has 0 atom stereocenters. The van der Waals surface area contributed by atoms with Gasteiger partial charge in [-0.25, -0.2) is 0 Å². The van der Waals surface area contributed by atoms with Crippen molar-refractivity contribution in [3.8, 4) is 17.2 Å². The van der Waals surface area contributed by atoms with Gasteiger partial charge in [0.25, 0.3) is 0 Å². The van der Waals surface area contributed by atoms with Crippen LogP contribution in [0.5, 0.6) is 17.2 Å². The minimum absolute atomic E-state index is 0.334. The van der Waals surface area contributed by atoms with Crippen LogP contribution in [0.3, 0.4) is 0 Å². The van der Waals surface area contributed by atoms with E-state index in [4.69, 9.17) is 14.2 Å². The Bertz CT molecular complexity index is 582. The summed E-state index contributed by atoms with van der Waals surface area (Å²) in [5.74, 6) is 1.37. The zero-order valence-corrected chi connectivity index (χ0v) is 11.6. The number of benzene rings is 1. The topological polar surface area (TPSA) is 62.6 Å². The first-order valence-corrected chi connectivity index (χ1v) is 5.99. The minimum atomic E-state index is 0.334. The van der Waals surface area contributed by atoms with Crippen molar-refractivity contribution in [2.45, 2.75) is 6.61 Å². The standard InChI is InChI=1S/C14H16N2O4/c1-16-7-11(6-15-16)9-20-14-12(18-2)4-10(8-17)5-13(14)19-3/h4-8H,9H2,1-3H3. The van der Waals surface area contributed by atoms with E-state index in [1.807, 2.05) is 13.2 Å². The number of hydrogen-bond donors (Lipinski definition) is 0.